The van der Waals surface area contributed by atoms with Gasteiger partial charge >= 0.3 is 0 Å². The molecule has 0 aromatic carbocycles. The van der Waals surface area contributed by atoms with Gasteiger partial charge in [0, 0.05) is 55.1 Å². The first-order valence-electron chi connectivity index (χ1n) is 11.2. The number of halogens is 1. The molecule has 31 heavy (non-hydrogen) atoms. The highest BCUT2D eigenvalue weighted by Gasteiger charge is 2.32. The van der Waals surface area contributed by atoms with E-state index in [1.54, 1.807) is 6.33 Å². The van der Waals surface area contributed by atoms with Crippen LogP contribution in [0.15, 0.2) is 23.5 Å². The summed E-state index contributed by atoms with van der Waals surface area (Å²) >= 11 is 7.64. The summed E-state index contributed by atoms with van der Waals surface area (Å²) in [6.45, 7) is 6.05. The van der Waals surface area contributed by atoms with E-state index in [1.165, 1.54) is 35.4 Å². The normalized spacial score (nSPS) is 22.2. The van der Waals surface area contributed by atoms with Gasteiger partial charge in [0.15, 0.2) is 0 Å². The van der Waals surface area contributed by atoms with Crippen LogP contribution >= 0.6 is 22.9 Å². The van der Waals surface area contributed by atoms with E-state index >= 15 is 0 Å². The summed E-state index contributed by atoms with van der Waals surface area (Å²) in [5, 5.41) is 0. The van der Waals surface area contributed by atoms with Crippen molar-refractivity contribution in [3.05, 3.63) is 38.9 Å². The van der Waals surface area contributed by atoms with Gasteiger partial charge in [-0.25, -0.2) is 9.97 Å². The number of nitrogens with zero attached hydrogens (tertiary/aromatic N) is 5. The largest absolute Gasteiger partial charge is 0.353 e. The van der Waals surface area contributed by atoms with Crippen LogP contribution in [0.4, 0.5) is 5.82 Å². The average molecular weight is 458 g/mol. The van der Waals surface area contributed by atoms with E-state index in [2.05, 4.69) is 26.8 Å². The molecule has 2 aliphatic carbocycles. The Bertz CT molecular complexity index is 980. The molecule has 2 unspecified atom stereocenters. The van der Waals surface area contributed by atoms with Gasteiger partial charge in [-0.2, -0.15) is 0 Å². The van der Waals surface area contributed by atoms with Crippen molar-refractivity contribution in [1.29, 1.82) is 0 Å². The van der Waals surface area contributed by atoms with Crippen LogP contribution in [0.2, 0.25) is 4.34 Å². The van der Waals surface area contributed by atoms with Gasteiger partial charge in [0.2, 0.25) is 5.91 Å². The molecule has 0 bridgehead atoms. The summed E-state index contributed by atoms with van der Waals surface area (Å²) in [6.07, 6.45) is 8.24. The van der Waals surface area contributed by atoms with Crippen LogP contribution in [0.3, 0.4) is 0 Å². The average Bonchev–Trinajstić information content (AvgIpc) is 3.40. The van der Waals surface area contributed by atoms with E-state index < -0.39 is 0 Å². The zero-order chi connectivity index (χ0) is 21.4. The first-order valence-corrected chi connectivity index (χ1v) is 12.4. The topological polar surface area (TPSA) is 61.7 Å². The van der Waals surface area contributed by atoms with Crippen LogP contribution in [0.25, 0.3) is 0 Å². The van der Waals surface area contributed by atoms with Crippen molar-refractivity contribution in [2.45, 2.75) is 44.4 Å². The Morgan fingerprint density at radius 1 is 1.26 bits per heavy atom. The van der Waals surface area contributed by atoms with Crippen molar-refractivity contribution < 1.29 is 4.79 Å². The summed E-state index contributed by atoms with van der Waals surface area (Å²) in [6, 6.07) is 3.83. The van der Waals surface area contributed by atoms with Gasteiger partial charge in [-0.3, -0.25) is 9.79 Å². The molecule has 0 N–H and O–H groups in total. The molecule has 164 valence electrons. The highest BCUT2D eigenvalue weighted by Crippen LogP contribution is 2.37. The maximum absolute atomic E-state index is 13.4. The van der Waals surface area contributed by atoms with Crippen molar-refractivity contribution in [2.75, 3.05) is 37.6 Å². The second kappa shape index (κ2) is 8.87. The number of carbonyl (C=O) groups is 1. The molecule has 3 heterocycles. The highest BCUT2D eigenvalue weighted by atomic mass is 35.5. The van der Waals surface area contributed by atoms with E-state index in [-0.39, 0.29) is 11.8 Å². The number of amides is 1. The lowest BCUT2D eigenvalue weighted by Crippen LogP contribution is -2.50. The van der Waals surface area contributed by atoms with Crippen molar-refractivity contribution in [1.82, 2.24) is 14.9 Å². The van der Waals surface area contributed by atoms with Crippen LogP contribution in [0, 0.1) is 5.92 Å². The van der Waals surface area contributed by atoms with E-state index in [9.17, 15) is 4.79 Å². The Kier molecular flexibility index (Phi) is 5.97. The second-order valence-corrected chi connectivity index (χ2v) is 10.6. The Morgan fingerprint density at radius 2 is 2.06 bits per heavy atom. The summed E-state index contributed by atoms with van der Waals surface area (Å²) in [4.78, 5) is 32.4. The second-order valence-electron chi connectivity index (χ2n) is 8.89. The molecular formula is C23H28ClN5OS. The van der Waals surface area contributed by atoms with E-state index in [0.717, 1.165) is 43.2 Å². The van der Waals surface area contributed by atoms with Crippen LogP contribution in [0.5, 0.6) is 0 Å². The fraction of sp³-hybridized carbons (Fsp3) is 0.565. The molecule has 1 saturated carbocycles. The molecular weight excluding hydrogens is 430 g/mol. The van der Waals surface area contributed by atoms with Crippen LogP contribution in [-0.4, -0.2) is 59.7 Å². The standard InChI is InChI=1S/C23H28ClN5OS/c1-15-2-5-18-21(15)22(27-14-26-18)28-8-10-29(11-9-28)23(30)17(13-25-12-16-3-4-16)19-6-7-20(24)31-19/h6-7,13-17H,2-5,8-12H2,1H3. The maximum atomic E-state index is 13.4. The van der Waals surface area contributed by atoms with Gasteiger partial charge in [0.25, 0.3) is 0 Å². The lowest BCUT2D eigenvalue weighted by atomic mass is 10.0. The molecule has 8 heteroatoms. The van der Waals surface area contributed by atoms with Crippen LogP contribution < -0.4 is 4.90 Å². The molecule has 0 spiro atoms. The van der Waals surface area contributed by atoms with E-state index in [4.69, 9.17) is 11.6 Å². The van der Waals surface area contributed by atoms with Gasteiger partial charge in [-0.15, -0.1) is 11.3 Å². The van der Waals surface area contributed by atoms with Crippen molar-refractivity contribution in [2.24, 2.45) is 10.9 Å². The van der Waals surface area contributed by atoms with Gasteiger partial charge < -0.3 is 9.80 Å². The fourth-order valence-electron chi connectivity index (χ4n) is 4.58. The van der Waals surface area contributed by atoms with Crippen LogP contribution in [0.1, 0.15) is 54.2 Å². The fourth-order valence-corrected chi connectivity index (χ4v) is 5.70. The number of carbonyl (C=O) groups excluding carboxylic acids is 1. The summed E-state index contributed by atoms with van der Waals surface area (Å²) in [5.41, 5.74) is 2.50. The Hall–Kier alpha value is -1.99. The molecule has 5 rings (SSSR count). The number of fused-ring (bicyclic) bond motifs is 1. The zero-order valence-electron chi connectivity index (χ0n) is 17.8. The monoisotopic (exact) mass is 457 g/mol. The smallest absolute Gasteiger partial charge is 0.236 e. The number of aromatic nitrogens is 2. The minimum Gasteiger partial charge on any atom is -0.353 e. The zero-order valence-corrected chi connectivity index (χ0v) is 19.4. The number of thiophene rings is 1. The first kappa shape index (κ1) is 20.9. The van der Waals surface area contributed by atoms with Gasteiger partial charge in [-0.05, 0) is 49.7 Å². The highest BCUT2D eigenvalue weighted by molar-refractivity contribution is 7.16. The third-order valence-corrected chi connectivity index (χ3v) is 7.94. The molecule has 0 radical (unpaired) electrons. The third-order valence-electron chi connectivity index (χ3n) is 6.62. The van der Waals surface area contributed by atoms with Gasteiger partial charge in [0.05, 0.1) is 4.34 Å². The molecule has 2 fully saturated rings. The van der Waals surface area contributed by atoms with Crippen molar-refractivity contribution in [3.63, 3.8) is 0 Å². The van der Waals surface area contributed by atoms with Crippen LogP contribution in [-0.2, 0) is 11.2 Å². The van der Waals surface area contributed by atoms with Gasteiger partial charge in [0.1, 0.15) is 18.1 Å². The first-order chi connectivity index (χ1) is 15.1. The SMILES string of the molecule is CC1CCc2ncnc(N3CCN(C(=O)C(C=NCC4CC4)c4ccc(Cl)s4)CC3)c21. The molecule has 2 aromatic heterocycles. The third kappa shape index (κ3) is 4.48. The Labute approximate surface area is 192 Å². The number of hydrogen-bond acceptors (Lipinski definition) is 6. The summed E-state index contributed by atoms with van der Waals surface area (Å²) < 4.78 is 0.708. The number of rotatable bonds is 6. The molecule has 2 aromatic rings. The van der Waals surface area contributed by atoms with Gasteiger partial charge in [-0.1, -0.05) is 18.5 Å². The lowest BCUT2D eigenvalue weighted by molar-refractivity contribution is -0.131. The quantitative estimate of drug-likeness (QED) is 0.611. The number of aliphatic imine (C=N–C) groups is 1. The number of hydrogen-bond donors (Lipinski definition) is 0. The summed E-state index contributed by atoms with van der Waals surface area (Å²) in [5.74, 6) is 2.06. The summed E-state index contributed by atoms with van der Waals surface area (Å²) in [7, 11) is 0. The Balaban J connectivity index is 1.28. The number of anilines is 1. The molecule has 3 aliphatic rings. The predicted molar refractivity (Wildman–Crippen MR) is 126 cm³/mol. The number of piperazine rings is 1. The molecule has 1 amide bonds. The molecule has 1 aliphatic heterocycles. The van der Waals surface area contributed by atoms with E-state index in [1.807, 2.05) is 23.2 Å². The Morgan fingerprint density at radius 3 is 2.77 bits per heavy atom. The van der Waals surface area contributed by atoms with E-state index in [0.29, 0.717) is 29.3 Å². The minimum absolute atomic E-state index is 0.124. The molecule has 6 nitrogen and oxygen atoms in total. The molecule has 1 saturated heterocycles. The van der Waals surface area contributed by atoms with Crippen molar-refractivity contribution >= 4 is 40.9 Å². The predicted octanol–water partition coefficient (Wildman–Crippen LogP) is 4.15. The molecule has 2 atom stereocenters. The number of aryl methyl sites for hydroxylation is 1. The maximum Gasteiger partial charge on any atom is 0.236 e. The minimum atomic E-state index is -0.342. The van der Waals surface area contributed by atoms with Crippen molar-refractivity contribution in [3.8, 4) is 0 Å². The lowest BCUT2D eigenvalue weighted by Gasteiger charge is -2.37.